The standard InChI is InChI=1S/C13H19BrN2S/c1-15-10-11-3-4-13(12(14)9-11)16-5-2-7-17-8-6-16/h3-4,9,15H,2,5-8,10H2,1H3. The van der Waals surface area contributed by atoms with Gasteiger partial charge in [-0.05, 0) is 52.8 Å². The van der Waals surface area contributed by atoms with E-state index in [1.54, 1.807) is 0 Å². The third-order valence-electron chi connectivity index (χ3n) is 2.96. The van der Waals surface area contributed by atoms with Gasteiger partial charge in [0.25, 0.3) is 0 Å². The van der Waals surface area contributed by atoms with E-state index in [1.165, 1.54) is 40.2 Å². The summed E-state index contributed by atoms with van der Waals surface area (Å²) in [4.78, 5) is 2.49. The second-order valence-corrected chi connectivity index (χ2v) is 6.35. The van der Waals surface area contributed by atoms with Crippen LogP contribution in [0, 0.1) is 0 Å². The van der Waals surface area contributed by atoms with Crippen molar-refractivity contribution < 1.29 is 0 Å². The fourth-order valence-electron chi connectivity index (χ4n) is 2.11. The number of hydrogen-bond acceptors (Lipinski definition) is 3. The number of halogens is 1. The summed E-state index contributed by atoms with van der Waals surface area (Å²) in [6.45, 7) is 3.26. The molecule has 0 radical (unpaired) electrons. The molecule has 0 spiro atoms. The Morgan fingerprint density at radius 1 is 1.35 bits per heavy atom. The van der Waals surface area contributed by atoms with E-state index in [1.807, 2.05) is 7.05 Å². The topological polar surface area (TPSA) is 15.3 Å². The highest BCUT2D eigenvalue weighted by atomic mass is 79.9. The molecule has 2 nitrogen and oxygen atoms in total. The summed E-state index contributed by atoms with van der Waals surface area (Å²) in [6.07, 6.45) is 1.29. The van der Waals surface area contributed by atoms with E-state index in [0.717, 1.165) is 13.1 Å². The lowest BCUT2D eigenvalue weighted by molar-refractivity contribution is 0.805. The summed E-state index contributed by atoms with van der Waals surface area (Å²) < 4.78 is 1.22. The van der Waals surface area contributed by atoms with E-state index < -0.39 is 0 Å². The van der Waals surface area contributed by atoms with Gasteiger partial charge in [-0.1, -0.05) is 6.07 Å². The molecule has 1 fully saturated rings. The largest absolute Gasteiger partial charge is 0.370 e. The van der Waals surface area contributed by atoms with Crippen LogP contribution >= 0.6 is 27.7 Å². The monoisotopic (exact) mass is 314 g/mol. The maximum absolute atomic E-state index is 3.70. The molecule has 0 aliphatic carbocycles. The van der Waals surface area contributed by atoms with E-state index in [2.05, 4.69) is 56.1 Å². The Labute approximate surface area is 116 Å². The van der Waals surface area contributed by atoms with Crippen molar-refractivity contribution in [2.24, 2.45) is 0 Å². The van der Waals surface area contributed by atoms with Gasteiger partial charge in [0.15, 0.2) is 0 Å². The molecule has 94 valence electrons. The minimum Gasteiger partial charge on any atom is -0.370 e. The lowest BCUT2D eigenvalue weighted by Crippen LogP contribution is -2.25. The minimum atomic E-state index is 0.925. The smallest absolute Gasteiger partial charge is 0.0511 e. The second-order valence-electron chi connectivity index (χ2n) is 4.27. The number of hydrogen-bond donors (Lipinski definition) is 1. The Morgan fingerprint density at radius 2 is 2.24 bits per heavy atom. The first-order valence-electron chi connectivity index (χ1n) is 6.07. The Hall–Kier alpha value is -0.190. The van der Waals surface area contributed by atoms with E-state index in [4.69, 9.17) is 0 Å². The molecular weight excluding hydrogens is 296 g/mol. The quantitative estimate of drug-likeness (QED) is 0.923. The SMILES string of the molecule is CNCc1ccc(N2CCCSCC2)c(Br)c1. The molecule has 0 unspecified atom stereocenters. The number of nitrogens with one attached hydrogen (secondary N) is 1. The Kier molecular flexibility index (Phi) is 5.19. The molecule has 0 atom stereocenters. The number of benzene rings is 1. The molecular formula is C13H19BrN2S. The van der Waals surface area contributed by atoms with Crippen LogP contribution in [-0.2, 0) is 6.54 Å². The summed E-state index contributed by atoms with van der Waals surface area (Å²) in [7, 11) is 1.98. The predicted octanol–water partition coefficient (Wildman–Crippen LogP) is 3.11. The third kappa shape index (κ3) is 3.63. The van der Waals surface area contributed by atoms with Gasteiger partial charge < -0.3 is 10.2 Å². The van der Waals surface area contributed by atoms with Gasteiger partial charge in [-0.25, -0.2) is 0 Å². The highest BCUT2D eigenvalue weighted by molar-refractivity contribution is 9.10. The molecule has 1 aliphatic heterocycles. The van der Waals surface area contributed by atoms with Gasteiger partial charge in [0.2, 0.25) is 0 Å². The van der Waals surface area contributed by atoms with Gasteiger partial charge in [-0.3, -0.25) is 0 Å². The van der Waals surface area contributed by atoms with Crippen LogP contribution in [0.5, 0.6) is 0 Å². The predicted molar refractivity (Wildman–Crippen MR) is 81.1 cm³/mol. The molecule has 1 aliphatic rings. The summed E-state index contributed by atoms with van der Waals surface area (Å²) in [5.41, 5.74) is 2.67. The van der Waals surface area contributed by atoms with E-state index in [-0.39, 0.29) is 0 Å². The molecule has 0 aromatic heterocycles. The van der Waals surface area contributed by atoms with E-state index in [0.29, 0.717) is 0 Å². The molecule has 1 heterocycles. The molecule has 1 saturated heterocycles. The van der Waals surface area contributed by atoms with Crippen LogP contribution in [-0.4, -0.2) is 31.6 Å². The Morgan fingerprint density at radius 3 is 3.00 bits per heavy atom. The van der Waals surface area contributed by atoms with Crippen molar-refractivity contribution in [1.29, 1.82) is 0 Å². The zero-order valence-corrected chi connectivity index (χ0v) is 12.6. The van der Waals surface area contributed by atoms with Crippen molar-refractivity contribution in [3.63, 3.8) is 0 Å². The lowest BCUT2D eigenvalue weighted by atomic mass is 10.2. The number of rotatable bonds is 3. The molecule has 1 aromatic carbocycles. The van der Waals surface area contributed by atoms with Crippen LogP contribution in [0.1, 0.15) is 12.0 Å². The fourth-order valence-corrected chi connectivity index (χ4v) is 3.67. The first-order valence-corrected chi connectivity index (χ1v) is 8.02. The second kappa shape index (κ2) is 6.66. The average Bonchev–Trinajstić information content (AvgIpc) is 2.58. The van der Waals surface area contributed by atoms with Crippen LogP contribution in [0.4, 0.5) is 5.69 Å². The first kappa shape index (κ1) is 13.2. The Bertz CT molecular complexity index is 362. The molecule has 4 heteroatoms. The molecule has 0 bridgehead atoms. The maximum atomic E-state index is 3.70. The van der Waals surface area contributed by atoms with Crippen molar-refractivity contribution in [3.8, 4) is 0 Å². The highest BCUT2D eigenvalue weighted by Gasteiger charge is 2.12. The van der Waals surface area contributed by atoms with Gasteiger partial charge in [0, 0.05) is 29.9 Å². The maximum Gasteiger partial charge on any atom is 0.0511 e. The molecule has 2 rings (SSSR count). The fraction of sp³-hybridized carbons (Fsp3) is 0.538. The van der Waals surface area contributed by atoms with Crippen molar-refractivity contribution in [3.05, 3.63) is 28.2 Å². The first-order chi connectivity index (χ1) is 8.31. The number of thioether (sulfide) groups is 1. The number of anilines is 1. The van der Waals surface area contributed by atoms with Crippen molar-refractivity contribution >= 4 is 33.4 Å². The normalized spacial score (nSPS) is 16.9. The van der Waals surface area contributed by atoms with Gasteiger partial charge >= 0.3 is 0 Å². The van der Waals surface area contributed by atoms with Crippen molar-refractivity contribution in [2.45, 2.75) is 13.0 Å². The summed E-state index contributed by atoms with van der Waals surface area (Å²) in [5, 5.41) is 3.18. The molecule has 1 N–H and O–H groups in total. The van der Waals surface area contributed by atoms with Crippen LogP contribution < -0.4 is 10.2 Å². The summed E-state index contributed by atoms with van der Waals surface area (Å²) >= 11 is 5.77. The van der Waals surface area contributed by atoms with Gasteiger partial charge in [-0.2, -0.15) is 11.8 Å². The molecule has 0 amide bonds. The number of nitrogens with zero attached hydrogens (tertiary/aromatic N) is 1. The molecule has 17 heavy (non-hydrogen) atoms. The Balaban J connectivity index is 2.14. The zero-order valence-electron chi connectivity index (χ0n) is 10.2. The highest BCUT2D eigenvalue weighted by Crippen LogP contribution is 2.29. The van der Waals surface area contributed by atoms with Crippen LogP contribution in [0.3, 0.4) is 0 Å². The zero-order chi connectivity index (χ0) is 12.1. The summed E-state index contributed by atoms with van der Waals surface area (Å²) in [6, 6.07) is 6.69. The van der Waals surface area contributed by atoms with Crippen molar-refractivity contribution in [2.75, 3.05) is 36.5 Å². The summed E-state index contributed by atoms with van der Waals surface area (Å²) in [5.74, 6) is 2.54. The van der Waals surface area contributed by atoms with Gasteiger partial charge in [0.1, 0.15) is 0 Å². The van der Waals surface area contributed by atoms with Crippen LogP contribution in [0.25, 0.3) is 0 Å². The van der Waals surface area contributed by atoms with Gasteiger partial charge in [-0.15, -0.1) is 0 Å². The van der Waals surface area contributed by atoms with E-state index >= 15 is 0 Å². The third-order valence-corrected chi connectivity index (χ3v) is 4.64. The van der Waals surface area contributed by atoms with Crippen LogP contribution in [0.15, 0.2) is 22.7 Å². The van der Waals surface area contributed by atoms with Crippen LogP contribution in [0.2, 0.25) is 0 Å². The lowest BCUT2D eigenvalue weighted by Gasteiger charge is -2.24. The molecule has 0 saturated carbocycles. The minimum absolute atomic E-state index is 0.925. The van der Waals surface area contributed by atoms with Gasteiger partial charge in [0.05, 0.1) is 5.69 Å². The average molecular weight is 315 g/mol. The van der Waals surface area contributed by atoms with Crippen molar-refractivity contribution in [1.82, 2.24) is 5.32 Å². The van der Waals surface area contributed by atoms with E-state index in [9.17, 15) is 0 Å². The molecule has 1 aromatic rings.